The van der Waals surface area contributed by atoms with Gasteiger partial charge in [-0.15, -0.1) is 0 Å². The highest BCUT2D eigenvalue weighted by atomic mass is 19.2. The van der Waals surface area contributed by atoms with Crippen LogP contribution in [0.2, 0.25) is 0 Å². The molecule has 0 aliphatic carbocycles. The van der Waals surface area contributed by atoms with E-state index in [4.69, 9.17) is 20.9 Å². The van der Waals surface area contributed by atoms with Gasteiger partial charge >= 0.3 is 0 Å². The molecule has 4 N–H and O–H groups in total. The van der Waals surface area contributed by atoms with Crippen LogP contribution in [0.4, 0.5) is 46.5 Å². The third-order valence-electron chi connectivity index (χ3n) is 4.96. The maximum absolute atomic E-state index is 14.8. The van der Waals surface area contributed by atoms with Gasteiger partial charge in [0, 0.05) is 0 Å². The first-order chi connectivity index (χ1) is 17.0. The van der Waals surface area contributed by atoms with Gasteiger partial charge in [0.05, 0.1) is 22.5 Å². The van der Waals surface area contributed by atoms with Gasteiger partial charge in [-0.2, -0.15) is 17.6 Å². The Morgan fingerprint density at radius 2 is 0.694 bits per heavy atom. The van der Waals surface area contributed by atoms with Crippen molar-refractivity contribution in [3.05, 3.63) is 95.1 Å². The minimum absolute atomic E-state index is 0.169. The van der Waals surface area contributed by atoms with E-state index in [9.17, 15) is 35.1 Å². The summed E-state index contributed by atoms with van der Waals surface area (Å²) in [6, 6.07) is 10.2. The second-order valence-corrected chi connectivity index (χ2v) is 7.20. The van der Waals surface area contributed by atoms with Crippen LogP contribution in [0.15, 0.2) is 48.5 Å². The number of nitrogens with two attached hydrogens (primary N) is 2. The predicted octanol–water partition coefficient (Wildman–Crippen LogP) is 7.22. The Hall–Kier alpha value is -4.48. The van der Waals surface area contributed by atoms with Gasteiger partial charge < -0.3 is 20.9 Å². The molecule has 186 valence electrons. The van der Waals surface area contributed by atoms with Gasteiger partial charge in [-0.1, -0.05) is 24.3 Å². The van der Waals surface area contributed by atoms with Crippen LogP contribution in [0.3, 0.4) is 0 Å². The zero-order valence-electron chi connectivity index (χ0n) is 17.6. The van der Waals surface area contributed by atoms with Crippen LogP contribution >= 0.6 is 0 Å². The fourth-order valence-electron chi connectivity index (χ4n) is 3.21. The molecule has 0 heterocycles. The summed E-state index contributed by atoms with van der Waals surface area (Å²) in [6.07, 6.45) is 0. The van der Waals surface area contributed by atoms with Crippen molar-refractivity contribution in [2.24, 2.45) is 0 Å². The van der Waals surface area contributed by atoms with E-state index in [0.29, 0.717) is 0 Å². The molecular formula is C24H12F8N2O2. The third-order valence-corrected chi connectivity index (χ3v) is 4.96. The molecule has 0 unspecified atom stereocenters. The number of benzene rings is 4. The molecular weight excluding hydrogens is 500 g/mol. The van der Waals surface area contributed by atoms with Crippen molar-refractivity contribution in [1.29, 1.82) is 0 Å². The number of ether oxygens (including phenoxy) is 2. The number of halogens is 8. The Bertz CT molecular complexity index is 1340. The first-order valence-electron chi connectivity index (χ1n) is 9.81. The van der Waals surface area contributed by atoms with Crippen LogP contribution in [0.25, 0.3) is 11.1 Å². The van der Waals surface area contributed by atoms with Gasteiger partial charge in [-0.25, -0.2) is 17.6 Å². The summed E-state index contributed by atoms with van der Waals surface area (Å²) in [4.78, 5) is 0. The number of hydrogen-bond donors (Lipinski definition) is 2. The van der Waals surface area contributed by atoms with Crippen molar-refractivity contribution >= 4 is 11.4 Å². The predicted molar refractivity (Wildman–Crippen MR) is 113 cm³/mol. The van der Waals surface area contributed by atoms with Crippen LogP contribution in [0.5, 0.6) is 23.0 Å². The molecule has 0 aliphatic rings. The third kappa shape index (κ3) is 4.00. The van der Waals surface area contributed by atoms with E-state index in [1.807, 2.05) is 0 Å². The first kappa shape index (κ1) is 24.6. The Labute approximate surface area is 197 Å². The molecule has 0 fully saturated rings. The quantitative estimate of drug-likeness (QED) is 0.168. The molecule has 0 amide bonds. The first-order valence-corrected chi connectivity index (χ1v) is 9.81. The van der Waals surface area contributed by atoms with Crippen LogP contribution in [-0.2, 0) is 0 Å². The summed E-state index contributed by atoms with van der Waals surface area (Å²) < 4.78 is 127. The fourth-order valence-corrected chi connectivity index (χ4v) is 3.21. The van der Waals surface area contributed by atoms with E-state index in [1.54, 1.807) is 0 Å². The molecule has 4 aromatic carbocycles. The number of rotatable bonds is 5. The number of para-hydroxylation sites is 4. The molecule has 4 rings (SSSR count). The van der Waals surface area contributed by atoms with Crippen LogP contribution in [-0.4, -0.2) is 0 Å². The molecule has 0 aromatic heterocycles. The molecule has 0 radical (unpaired) electrons. The van der Waals surface area contributed by atoms with Crippen molar-refractivity contribution < 1.29 is 44.6 Å². The minimum atomic E-state index is -2.39. The van der Waals surface area contributed by atoms with Crippen molar-refractivity contribution in [3.8, 4) is 34.1 Å². The molecule has 36 heavy (non-hydrogen) atoms. The number of nitrogen functional groups attached to an aromatic ring is 2. The largest absolute Gasteiger partial charge is 0.449 e. The summed E-state index contributed by atoms with van der Waals surface area (Å²) >= 11 is 0. The molecule has 0 spiro atoms. The standard InChI is InChI=1S/C24H12F8N2O2/c25-15-13(16(26)20(30)23(19(15)29)35-11-7-3-1-5-9(11)33)14-17(27)21(31)24(22(32)18(14)28)36-12-8-4-2-6-10(12)34/h1-8H,33-34H2. The average Bonchev–Trinajstić information content (AvgIpc) is 2.86. The Morgan fingerprint density at radius 1 is 0.417 bits per heavy atom. The second kappa shape index (κ2) is 9.29. The molecule has 0 bridgehead atoms. The molecule has 0 aliphatic heterocycles. The Kier molecular flexibility index (Phi) is 6.35. The number of anilines is 2. The van der Waals surface area contributed by atoms with E-state index in [-0.39, 0.29) is 11.4 Å². The highest BCUT2D eigenvalue weighted by molar-refractivity contribution is 5.70. The Morgan fingerprint density at radius 3 is 0.972 bits per heavy atom. The van der Waals surface area contributed by atoms with Gasteiger partial charge in [-0.05, 0) is 24.3 Å². The van der Waals surface area contributed by atoms with Gasteiger partial charge in [-0.3, -0.25) is 0 Å². The monoisotopic (exact) mass is 512 g/mol. The topological polar surface area (TPSA) is 70.5 Å². The normalized spacial score (nSPS) is 11.0. The lowest BCUT2D eigenvalue weighted by Crippen LogP contribution is -2.09. The van der Waals surface area contributed by atoms with Crippen molar-refractivity contribution in [1.82, 2.24) is 0 Å². The molecule has 12 heteroatoms. The summed E-state index contributed by atoms with van der Waals surface area (Å²) in [6.45, 7) is 0. The minimum Gasteiger partial charge on any atom is -0.449 e. The van der Waals surface area contributed by atoms with E-state index < -0.39 is 80.7 Å². The zero-order chi connectivity index (χ0) is 26.3. The van der Waals surface area contributed by atoms with Crippen molar-refractivity contribution in [2.45, 2.75) is 0 Å². The zero-order valence-corrected chi connectivity index (χ0v) is 17.6. The lowest BCUT2D eigenvalue weighted by Gasteiger charge is -2.17. The van der Waals surface area contributed by atoms with Gasteiger partial charge in [0.25, 0.3) is 0 Å². The molecule has 0 atom stereocenters. The SMILES string of the molecule is Nc1ccccc1Oc1c(F)c(F)c(-c2c(F)c(F)c(Oc3ccccc3N)c(F)c2F)c(F)c1F. The lowest BCUT2D eigenvalue weighted by atomic mass is 10.0. The highest BCUT2D eigenvalue weighted by Gasteiger charge is 2.35. The van der Waals surface area contributed by atoms with Gasteiger partial charge in [0.2, 0.25) is 34.8 Å². The number of hydrogen-bond acceptors (Lipinski definition) is 4. The molecule has 0 saturated carbocycles. The van der Waals surface area contributed by atoms with E-state index in [0.717, 1.165) is 12.1 Å². The van der Waals surface area contributed by atoms with E-state index in [2.05, 4.69) is 0 Å². The van der Waals surface area contributed by atoms with Crippen molar-refractivity contribution in [2.75, 3.05) is 11.5 Å². The highest BCUT2D eigenvalue weighted by Crippen LogP contribution is 2.44. The summed E-state index contributed by atoms with van der Waals surface area (Å²) in [5.41, 5.74) is 6.66. The average molecular weight is 512 g/mol. The smallest absolute Gasteiger partial charge is 0.205 e. The van der Waals surface area contributed by atoms with Gasteiger partial charge in [0.1, 0.15) is 0 Å². The molecule has 4 nitrogen and oxygen atoms in total. The van der Waals surface area contributed by atoms with Crippen LogP contribution in [0.1, 0.15) is 0 Å². The van der Waals surface area contributed by atoms with E-state index >= 15 is 0 Å². The second-order valence-electron chi connectivity index (χ2n) is 7.20. The summed E-state index contributed by atoms with van der Waals surface area (Å²) in [7, 11) is 0. The van der Waals surface area contributed by atoms with Crippen LogP contribution in [0, 0.1) is 46.5 Å². The maximum atomic E-state index is 14.8. The van der Waals surface area contributed by atoms with E-state index in [1.165, 1.54) is 36.4 Å². The molecule has 0 saturated heterocycles. The van der Waals surface area contributed by atoms with Crippen LogP contribution < -0.4 is 20.9 Å². The van der Waals surface area contributed by atoms with Crippen molar-refractivity contribution in [3.63, 3.8) is 0 Å². The molecule has 4 aromatic rings. The summed E-state index contributed by atoms with van der Waals surface area (Å²) in [5, 5.41) is 0. The summed E-state index contributed by atoms with van der Waals surface area (Å²) in [5.74, 6) is -22.7. The Balaban J connectivity index is 1.89. The van der Waals surface area contributed by atoms with Gasteiger partial charge in [0.15, 0.2) is 34.8 Å². The maximum Gasteiger partial charge on any atom is 0.205 e. The fraction of sp³-hybridized carbons (Fsp3) is 0. The lowest BCUT2D eigenvalue weighted by molar-refractivity contribution is 0.361.